The molecule has 0 unspecified atom stereocenters. The van der Waals surface area contributed by atoms with Gasteiger partial charge in [-0.05, 0) is 142 Å². The molecule has 3 heterocycles. The first-order valence-electron chi connectivity index (χ1n) is 17.9. The van der Waals surface area contributed by atoms with Crippen LogP contribution in [0.2, 0.25) is 0 Å². The highest BCUT2D eigenvalue weighted by Gasteiger charge is 2.28. The van der Waals surface area contributed by atoms with Crippen molar-refractivity contribution in [1.82, 2.24) is 9.55 Å². The van der Waals surface area contributed by atoms with Gasteiger partial charge in [0.25, 0.3) is 0 Å². The van der Waals surface area contributed by atoms with E-state index >= 15 is 0 Å². The first-order chi connectivity index (χ1) is 23.4. The fourth-order valence-electron chi connectivity index (χ4n) is 7.17. The topological polar surface area (TPSA) is 39.4 Å². The SMILES string of the molecule is [2H]C([2H])([2H])[C@]1(C)COC(c2cc(-c3c(C)cc(C)cc3C)cc(-n3c4ccc(C)cc4c4cc(C)c(-c5cc(C(C)(C)C)ccn5)cc43)c2)=N1. The highest BCUT2D eigenvalue weighted by atomic mass is 16.5. The van der Waals surface area contributed by atoms with E-state index in [0.29, 0.717) is 5.90 Å². The van der Waals surface area contributed by atoms with Crippen LogP contribution in [0.4, 0.5) is 0 Å². The predicted molar refractivity (Wildman–Crippen MR) is 198 cm³/mol. The molecule has 4 aromatic carbocycles. The quantitative estimate of drug-likeness (QED) is 0.196. The van der Waals surface area contributed by atoms with E-state index in [9.17, 15) is 0 Å². The molecule has 0 spiro atoms. The van der Waals surface area contributed by atoms with Crippen molar-refractivity contribution in [1.29, 1.82) is 0 Å². The molecule has 1 aliphatic heterocycles. The second-order valence-corrected chi connectivity index (χ2v) is 14.7. The number of nitrogens with zero attached hydrogens (tertiary/aromatic N) is 3. The van der Waals surface area contributed by atoms with Gasteiger partial charge >= 0.3 is 0 Å². The Kier molecular flexibility index (Phi) is 6.38. The molecule has 6 aromatic rings. The number of fused-ring (bicyclic) bond motifs is 3. The monoisotopic (exact) mass is 622 g/mol. The van der Waals surface area contributed by atoms with E-state index in [1.165, 1.54) is 33.2 Å². The van der Waals surface area contributed by atoms with Crippen LogP contribution in [0.25, 0.3) is 49.9 Å². The van der Waals surface area contributed by atoms with Crippen molar-refractivity contribution in [2.75, 3.05) is 6.61 Å². The molecule has 0 fully saturated rings. The fourth-order valence-corrected chi connectivity index (χ4v) is 7.17. The molecular formula is C43H45N3O. The highest BCUT2D eigenvalue weighted by molar-refractivity contribution is 6.11. The van der Waals surface area contributed by atoms with E-state index in [1.54, 1.807) is 6.92 Å². The standard InChI is InChI=1S/C43H45N3O/c1-25-11-12-38-35(17-25)36-18-27(3)34(37-22-32(13-14-44-37)42(6,7)8)23-39(36)46(38)33-20-30(40-28(4)15-26(2)16-29(40)5)19-31(21-33)41-45-43(9,10)24-47-41/h11-23H,24H2,1-10H3/i9D3/t43-/m0/s1. The Balaban J connectivity index is 1.55. The Labute approximate surface area is 283 Å². The smallest absolute Gasteiger partial charge is 0.216 e. The molecule has 0 aliphatic carbocycles. The molecule has 4 nitrogen and oxygen atoms in total. The number of aliphatic imine (C=N–C) groups is 1. The zero-order chi connectivity index (χ0) is 35.9. The molecular weight excluding hydrogens is 574 g/mol. The minimum absolute atomic E-state index is 0.00109. The summed E-state index contributed by atoms with van der Waals surface area (Å²) in [7, 11) is 0. The van der Waals surface area contributed by atoms with Gasteiger partial charge in [-0.25, -0.2) is 4.99 Å². The number of hydrogen-bond acceptors (Lipinski definition) is 3. The third-order valence-corrected chi connectivity index (χ3v) is 9.40. The third-order valence-electron chi connectivity index (χ3n) is 9.40. The molecule has 0 amide bonds. The number of rotatable bonds is 4. The van der Waals surface area contributed by atoms with E-state index < -0.39 is 12.4 Å². The number of ether oxygens (including phenoxy) is 1. The Bertz CT molecular complexity index is 2350. The summed E-state index contributed by atoms with van der Waals surface area (Å²) in [6.07, 6.45) is 1.91. The fraction of sp³-hybridized carbons (Fsp3) is 0.302. The summed E-state index contributed by atoms with van der Waals surface area (Å²) in [5.74, 6) is 0.352. The summed E-state index contributed by atoms with van der Waals surface area (Å²) in [5, 5.41) is 2.33. The Morgan fingerprint density at radius 3 is 2.19 bits per heavy atom. The number of benzene rings is 4. The van der Waals surface area contributed by atoms with Crippen molar-refractivity contribution < 1.29 is 8.85 Å². The molecule has 238 valence electrons. The molecule has 4 heteroatoms. The van der Waals surface area contributed by atoms with Crippen molar-refractivity contribution >= 4 is 27.7 Å². The van der Waals surface area contributed by atoms with Crippen molar-refractivity contribution in [2.45, 2.75) is 80.1 Å². The summed E-state index contributed by atoms with van der Waals surface area (Å²) in [6.45, 7) is 16.7. The summed E-state index contributed by atoms with van der Waals surface area (Å²) < 4.78 is 33.0. The average Bonchev–Trinajstić information content (AvgIpc) is 3.58. The second kappa shape index (κ2) is 10.9. The minimum Gasteiger partial charge on any atom is -0.475 e. The maximum absolute atomic E-state index is 8.18. The van der Waals surface area contributed by atoms with Gasteiger partial charge in [0.15, 0.2) is 0 Å². The van der Waals surface area contributed by atoms with Crippen LogP contribution in [0.5, 0.6) is 0 Å². The van der Waals surface area contributed by atoms with E-state index in [2.05, 4.69) is 133 Å². The van der Waals surface area contributed by atoms with Gasteiger partial charge in [0.2, 0.25) is 5.90 Å². The normalized spacial score (nSPS) is 17.8. The van der Waals surface area contributed by atoms with Crippen molar-refractivity contribution in [3.05, 3.63) is 118 Å². The Morgan fingerprint density at radius 2 is 1.49 bits per heavy atom. The van der Waals surface area contributed by atoms with Crippen LogP contribution in [0.15, 0.2) is 84.0 Å². The summed E-state index contributed by atoms with van der Waals surface area (Å²) in [5.41, 5.74) is 13.9. The molecule has 0 bridgehead atoms. The van der Waals surface area contributed by atoms with Gasteiger partial charge in [0.05, 0.1) is 22.3 Å². The van der Waals surface area contributed by atoms with Crippen LogP contribution in [0.1, 0.15) is 77.6 Å². The number of hydrogen-bond donors (Lipinski definition) is 0. The lowest BCUT2D eigenvalue weighted by Gasteiger charge is -2.20. The summed E-state index contributed by atoms with van der Waals surface area (Å²) in [4.78, 5) is 9.58. The lowest BCUT2D eigenvalue weighted by molar-refractivity contribution is 0.279. The van der Waals surface area contributed by atoms with Crippen LogP contribution in [-0.2, 0) is 10.2 Å². The highest BCUT2D eigenvalue weighted by Crippen LogP contribution is 2.40. The maximum atomic E-state index is 8.18. The number of aryl methyl sites for hydroxylation is 5. The predicted octanol–water partition coefficient (Wildman–Crippen LogP) is 10.9. The van der Waals surface area contributed by atoms with Crippen LogP contribution < -0.4 is 0 Å². The molecule has 47 heavy (non-hydrogen) atoms. The maximum Gasteiger partial charge on any atom is 0.216 e. The van der Waals surface area contributed by atoms with Gasteiger partial charge in [-0.3, -0.25) is 4.98 Å². The van der Waals surface area contributed by atoms with Gasteiger partial charge in [-0.2, -0.15) is 0 Å². The second-order valence-electron chi connectivity index (χ2n) is 14.7. The molecule has 2 aromatic heterocycles. The third kappa shape index (κ3) is 5.54. The van der Waals surface area contributed by atoms with E-state index in [0.717, 1.165) is 55.6 Å². The van der Waals surface area contributed by atoms with Gasteiger partial charge in [0.1, 0.15) is 6.61 Å². The molecule has 1 aliphatic rings. The molecule has 7 rings (SSSR count). The number of pyridine rings is 1. The van der Waals surface area contributed by atoms with Crippen LogP contribution >= 0.6 is 0 Å². The first kappa shape index (κ1) is 27.4. The average molecular weight is 623 g/mol. The van der Waals surface area contributed by atoms with E-state index in [1.807, 2.05) is 6.20 Å². The summed E-state index contributed by atoms with van der Waals surface area (Å²) >= 11 is 0. The largest absolute Gasteiger partial charge is 0.475 e. The van der Waals surface area contributed by atoms with E-state index in [-0.39, 0.29) is 12.0 Å². The van der Waals surface area contributed by atoms with Crippen LogP contribution in [0, 0.1) is 34.6 Å². The summed E-state index contributed by atoms with van der Waals surface area (Å²) in [6, 6.07) is 26.3. The van der Waals surface area contributed by atoms with Gasteiger partial charge in [-0.1, -0.05) is 50.1 Å². The lowest BCUT2D eigenvalue weighted by Crippen LogP contribution is -2.17. The van der Waals surface area contributed by atoms with Gasteiger partial charge < -0.3 is 9.30 Å². The zero-order valence-electron chi connectivity index (χ0n) is 32.0. The van der Waals surface area contributed by atoms with E-state index in [4.69, 9.17) is 18.8 Å². The minimum atomic E-state index is -2.30. The zero-order valence-corrected chi connectivity index (χ0v) is 29.0. The molecule has 0 saturated carbocycles. The van der Waals surface area contributed by atoms with Crippen LogP contribution in [-0.4, -0.2) is 27.6 Å². The van der Waals surface area contributed by atoms with Crippen LogP contribution in [0.3, 0.4) is 0 Å². The Hall–Kier alpha value is -4.70. The molecule has 0 N–H and O–H groups in total. The number of aromatic nitrogens is 2. The molecule has 0 saturated heterocycles. The van der Waals surface area contributed by atoms with Gasteiger partial charge in [-0.15, -0.1) is 0 Å². The molecule has 1 atom stereocenters. The van der Waals surface area contributed by atoms with Gasteiger partial charge in [0, 0.05) is 37.9 Å². The van der Waals surface area contributed by atoms with Crippen molar-refractivity contribution in [2.24, 2.45) is 4.99 Å². The molecule has 0 radical (unpaired) electrons. The van der Waals surface area contributed by atoms with Crippen molar-refractivity contribution in [3.63, 3.8) is 0 Å². The first-order valence-corrected chi connectivity index (χ1v) is 16.4. The Morgan fingerprint density at radius 1 is 0.766 bits per heavy atom. The van der Waals surface area contributed by atoms with Crippen molar-refractivity contribution in [3.8, 4) is 28.1 Å². The lowest BCUT2D eigenvalue weighted by atomic mass is 9.86.